The Balaban J connectivity index is 1.72. The Morgan fingerprint density at radius 1 is 1.38 bits per heavy atom. The van der Waals surface area contributed by atoms with Crippen molar-refractivity contribution in [2.45, 2.75) is 12.8 Å². The van der Waals surface area contributed by atoms with E-state index in [1.165, 1.54) is 15.5 Å². The van der Waals surface area contributed by atoms with Crippen molar-refractivity contribution >= 4 is 15.9 Å². The van der Waals surface area contributed by atoms with Crippen molar-refractivity contribution in [3.05, 3.63) is 0 Å². The second kappa shape index (κ2) is 7.53. The van der Waals surface area contributed by atoms with Gasteiger partial charge in [-0.05, 0) is 12.8 Å². The highest BCUT2D eigenvalue weighted by atomic mass is 32.2. The number of morpholine rings is 1. The van der Waals surface area contributed by atoms with Crippen LogP contribution in [0.4, 0.5) is 0 Å². The summed E-state index contributed by atoms with van der Waals surface area (Å²) >= 11 is 0. The van der Waals surface area contributed by atoms with Crippen LogP contribution in [0.2, 0.25) is 0 Å². The third-order valence-corrected chi connectivity index (χ3v) is 5.47. The predicted molar refractivity (Wildman–Crippen MR) is 78.5 cm³/mol. The van der Waals surface area contributed by atoms with Crippen molar-refractivity contribution in [1.29, 1.82) is 0 Å². The third-order valence-electron chi connectivity index (χ3n) is 4.20. The fourth-order valence-electron chi connectivity index (χ4n) is 2.87. The lowest BCUT2D eigenvalue weighted by atomic mass is 9.99. The minimum absolute atomic E-state index is 0.0176. The zero-order valence-electron chi connectivity index (χ0n) is 12.6. The Morgan fingerprint density at radius 2 is 2.10 bits per heavy atom. The number of carbonyl (C=O) groups excluding carboxylic acids is 1. The molecule has 0 aromatic carbocycles. The quantitative estimate of drug-likeness (QED) is 0.596. The van der Waals surface area contributed by atoms with E-state index in [0.29, 0.717) is 19.6 Å². The molecule has 0 saturated carbocycles. The Kier molecular flexibility index (Phi) is 5.98. The van der Waals surface area contributed by atoms with Crippen LogP contribution in [0.1, 0.15) is 12.8 Å². The molecule has 0 aromatic heterocycles. The summed E-state index contributed by atoms with van der Waals surface area (Å²) in [6, 6.07) is 0. The number of piperidine rings is 1. The van der Waals surface area contributed by atoms with Crippen LogP contribution in [0.5, 0.6) is 0 Å². The molecular weight excluding hydrogens is 294 g/mol. The molecule has 2 aliphatic heterocycles. The summed E-state index contributed by atoms with van der Waals surface area (Å²) in [7, 11) is -3.19. The molecule has 21 heavy (non-hydrogen) atoms. The van der Waals surface area contributed by atoms with Gasteiger partial charge in [-0.2, -0.15) is 0 Å². The fraction of sp³-hybridized carbons (Fsp3) is 0.923. The first-order chi connectivity index (χ1) is 9.97. The van der Waals surface area contributed by atoms with Crippen molar-refractivity contribution in [3.63, 3.8) is 0 Å². The highest BCUT2D eigenvalue weighted by Crippen LogP contribution is 2.18. The maximum atomic E-state index is 12.1. The van der Waals surface area contributed by atoms with Gasteiger partial charge in [0.1, 0.15) is 13.1 Å². The predicted octanol–water partition coefficient (Wildman–Crippen LogP) is -2.31. The summed E-state index contributed by atoms with van der Waals surface area (Å²) in [5.41, 5.74) is 0. The van der Waals surface area contributed by atoms with E-state index < -0.39 is 10.0 Å². The zero-order chi connectivity index (χ0) is 15.3. The lowest BCUT2D eigenvalue weighted by Crippen LogP contribution is -3.14. The minimum atomic E-state index is -3.19. The number of carbonyl (C=O) groups is 1. The molecule has 2 aliphatic rings. The van der Waals surface area contributed by atoms with E-state index in [2.05, 4.69) is 5.32 Å². The van der Waals surface area contributed by atoms with E-state index in [9.17, 15) is 13.2 Å². The molecule has 2 rings (SSSR count). The molecular formula is C13H26N3O4S+. The first kappa shape index (κ1) is 16.7. The summed E-state index contributed by atoms with van der Waals surface area (Å²) < 4.78 is 29.8. The number of hydrogen-bond donors (Lipinski definition) is 2. The molecule has 2 N–H and O–H groups in total. The SMILES string of the molecule is CS(=O)(=O)N1CCCC(C(=O)NCC[NH+]2CCOCC2)C1. The second-order valence-electron chi connectivity index (χ2n) is 5.86. The molecule has 2 fully saturated rings. The van der Waals surface area contributed by atoms with Crippen LogP contribution in [0.25, 0.3) is 0 Å². The number of amides is 1. The van der Waals surface area contributed by atoms with E-state index in [-0.39, 0.29) is 11.8 Å². The van der Waals surface area contributed by atoms with Crippen LogP contribution < -0.4 is 10.2 Å². The van der Waals surface area contributed by atoms with Gasteiger partial charge in [-0.25, -0.2) is 12.7 Å². The van der Waals surface area contributed by atoms with E-state index in [4.69, 9.17) is 4.74 Å². The lowest BCUT2D eigenvalue weighted by Gasteiger charge is -2.30. The number of rotatable bonds is 5. The largest absolute Gasteiger partial charge is 0.370 e. The normalized spacial score (nSPS) is 25.7. The molecule has 122 valence electrons. The fourth-order valence-corrected chi connectivity index (χ4v) is 3.79. The topological polar surface area (TPSA) is 80.2 Å². The van der Waals surface area contributed by atoms with Gasteiger partial charge in [0.2, 0.25) is 15.9 Å². The van der Waals surface area contributed by atoms with Crippen LogP contribution in [0, 0.1) is 5.92 Å². The summed E-state index contributed by atoms with van der Waals surface area (Å²) in [5.74, 6) is -0.232. The molecule has 0 spiro atoms. The van der Waals surface area contributed by atoms with Crippen LogP contribution in [0.3, 0.4) is 0 Å². The van der Waals surface area contributed by atoms with Gasteiger partial charge in [-0.3, -0.25) is 4.79 Å². The van der Waals surface area contributed by atoms with E-state index in [0.717, 1.165) is 45.7 Å². The van der Waals surface area contributed by atoms with Crippen LogP contribution in [-0.4, -0.2) is 77.4 Å². The van der Waals surface area contributed by atoms with Crippen LogP contribution in [0.15, 0.2) is 0 Å². The highest BCUT2D eigenvalue weighted by Gasteiger charge is 2.30. The van der Waals surface area contributed by atoms with Gasteiger partial charge in [0.25, 0.3) is 0 Å². The first-order valence-corrected chi connectivity index (χ1v) is 9.46. The van der Waals surface area contributed by atoms with Gasteiger partial charge < -0.3 is 15.0 Å². The molecule has 0 aromatic rings. The molecule has 0 bridgehead atoms. The van der Waals surface area contributed by atoms with Crippen molar-refractivity contribution in [3.8, 4) is 0 Å². The minimum Gasteiger partial charge on any atom is -0.370 e. The zero-order valence-corrected chi connectivity index (χ0v) is 13.5. The maximum absolute atomic E-state index is 12.1. The molecule has 1 unspecified atom stereocenters. The number of sulfonamides is 1. The Morgan fingerprint density at radius 3 is 2.76 bits per heavy atom. The molecule has 0 aliphatic carbocycles. The smallest absolute Gasteiger partial charge is 0.224 e. The number of nitrogens with zero attached hydrogens (tertiary/aromatic N) is 1. The van der Waals surface area contributed by atoms with Crippen LogP contribution >= 0.6 is 0 Å². The summed E-state index contributed by atoms with van der Waals surface area (Å²) in [5, 5.41) is 2.95. The van der Waals surface area contributed by atoms with Crippen molar-refractivity contribution in [2.75, 3.05) is 58.7 Å². The first-order valence-electron chi connectivity index (χ1n) is 7.61. The van der Waals surface area contributed by atoms with E-state index >= 15 is 0 Å². The number of quaternary nitrogens is 1. The Labute approximate surface area is 126 Å². The van der Waals surface area contributed by atoms with Gasteiger partial charge in [0.15, 0.2) is 0 Å². The summed E-state index contributed by atoms with van der Waals surface area (Å²) in [4.78, 5) is 13.6. The molecule has 8 heteroatoms. The second-order valence-corrected chi connectivity index (χ2v) is 7.85. The van der Waals surface area contributed by atoms with E-state index in [1.54, 1.807) is 0 Å². The van der Waals surface area contributed by atoms with Gasteiger partial charge in [0, 0.05) is 13.1 Å². The van der Waals surface area contributed by atoms with Crippen molar-refractivity contribution < 1.29 is 22.8 Å². The lowest BCUT2D eigenvalue weighted by molar-refractivity contribution is -0.906. The average Bonchev–Trinajstić information content (AvgIpc) is 2.47. The third kappa shape index (κ3) is 5.21. The van der Waals surface area contributed by atoms with Gasteiger partial charge in [0.05, 0.1) is 38.5 Å². The Bertz CT molecular complexity index is 448. The molecule has 1 atom stereocenters. The maximum Gasteiger partial charge on any atom is 0.224 e. The highest BCUT2D eigenvalue weighted by molar-refractivity contribution is 7.88. The summed E-state index contributed by atoms with van der Waals surface area (Å²) in [6.07, 6.45) is 2.72. The molecule has 7 nitrogen and oxygen atoms in total. The Hall–Kier alpha value is -0.700. The van der Waals surface area contributed by atoms with Crippen molar-refractivity contribution in [2.24, 2.45) is 5.92 Å². The number of nitrogens with one attached hydrogen (secondary N) is 2. The standard InChI is InChI=1S/C13H25N3O4S/c1-21(18,19)16-5-2-3-12(11-16)13(17)14-4-6-15-7-9-20-10-8-15/h12H,2-11H2,1H3,(H,14,17)/p+1. The summed E-state index contributed by atoms with van der Waals surface area (Å²) in [6.45, 7) is 5.93. The molecule has 2 heterocycles. The van der Waals surface area contributed by atoms with Gasteiger partial charge >= 0.3 is 0 Å². The monoisotopic (exact) mass is 320 g/mol. The van der Waals surface area contributed by atoms with Gasteiger partial charge in [-0.15, -0.1) is 0 Å². The molecule has 2 saturated heterocycles. The average molecular weight is 320 g/mol. The van der Waals surface area contributed by atoms with E-state index in [1.807, 2.05) is 0 Å². The van der Waals surface area contributed by atoms with Crippen molar-refractivity contribution in [1.82, 2.24) is 9.62 Å². The van der Waals surface area contributed by atoms with Crippen LogP contribution in [-0.2, 0) is 19.6 Å². The molecule has 0 radical (unpaired) electrons. The number of hydrogen-bond acceptors (Lipinski definition) is 4. The molecule has 1 amide bonds. The number of ether oxygens (including phenoxy) is 1. The van der Waals surface area contributed by atoms with Gasteiger partial charge in [-0.1, -0.05) is 0 Å².